The van der Waals surface area contributed by atoms with Gasteiger partial charge in [-0.2, -0.15) is 0 Å². The van der Waals surface area contributed by atoms with Gasteiger partial charge in [0, 0.05) is 22.6 Å². The van der Waals surface area contributed by atoms with Gasteiger partial charge in [-0.25, -0.2) is 4.79 Å². The van der Waals surface area contributed by atoms with Crippen LogP contribution in [0.4, 0.5) is 0 Å². The van der Waals surface area contributed by atoms with Gasteiger partial charge < -0.3 is 15.0 Å². The van der Waals surface area contributed by atoms with Crippen LogP contribution in [0.15, 0.2) is 18.2 Å². The lowest BCUT2D eigenvalue weighted by Gasteiger charge is -2.22. The van der Waals surface area contributed by atoms with Gasteiger partial charge in [-0.3, -0.25) is 4.79 Å². The van der Waals surface area contributed by atoms with E-state index < -0.39 is 5.97 Å². The van der Waals surface area contributed by atoms with Crippen LogP contribution in [-0.4, -0.2) is 29.5 Å². The highest BCUT2D eigenvalue weighted by molar-refractivity contribution is 5.97. The van der Waals surface area contributed by atoms with Gasteiger partial charge in [-0.15, -0.1) is 0 Å². The normalized spacial score (nSPS) is 20.3. The van der Waals surface area contributed by atoms with Crippen LogP contribution in [0.1, 0.15) is 67.1 Å². The van der Waals surface area contributed by atoms with Crippen LogP contribution < -0.4 is 5.32 Å². The maximum Gasteiger partial charge on any atom is 0.338 e. The first-order valence-corrected chi connectivity index (χ1v) is 10.2. The predicted octanol–water partition coefficient (Wildman–Crippen LogP) is 3.90. The summed E-state index contributed by atoms with van der Waals surface area (Å²) in [5.74, 6) is 0.0225. The fraction of sp³-hybridized carbons (Fsp3) is 0.545. The highest BCUT2D eigenvalue weighted by atomic mass is 16.5. The van der Waals surface area contributed by atoms with Crippen LogP contribution in [0.25, 0.3) is 10.9 Å². The minimum absolute atomic E-state index is 0.204. The SMILES string of the molecule is C[C@H]1CCc2[nH]c3ccc(C(=O)OCC(=O)NC4CCCCC4)cc3c2C1. The van der Waals surface area contributed by atoms with E-state index in [1.165, 1.54) is 24.1 Å². The summed E-state index contributed by atoms with van der Waals surface area (Å²) >= 11 is 0. The number of aromatic amines is 1. The van der Waals surface area contributed by atoms with Gasteiger partial charge in [0.15, 0.2) is 6.61 Å². The smallest absolute Gasteiger partial charge is 0.338 e. The van der Waals surface area contributed by atoms with Gasteiger partial charge in [0.25, 0.3) is 5.91 Å². The summed E-state index contributed by atoms with van der Waals surface area (Å²) in [6.45, 7) is 2.06. The molecule has 1 atom stereocenters. The first-order valence-electron chi connectivity index (χ1n) is 10.2. The van der Waals surface area contributed by atoms with E-state index in [0.717, 1.165) is 49.4 Å². The van der Waals surface area contributed by atoms with Crippen molar-refractivity contribution in [1.29, 1.82) is 0 Å². The molecule has 2 aliphatic carbocycles. The van der Waals surface area contributed by atoms with Crippen molar-refractivity contribution < 1.29 is 14.3 Å². The van der Waals surface area contributed by atoms with Crippen LogP contribution in [0.3, 0.4) is 0 Å². The number of carbonyl (C=O) groups excluding carboxylic acids is 2. The molecule has 2 aliphatic rings. The number of nitrogens with one attached hydrogen (secondary N) is 2. The van der Waals surface area contributed by atoms with Crippen LogP contribution in [0, 0.1) is 5.92 Å². The molecule has 1 amide bonds. The number of fused-ring (bicyclic) bond motifs is 3. The highest BCUT2D eigenvalue weighted by Gasteiger charge is 2.21. The van der Waals surface area contributed by atoms with Crippen molar-refractivity contribution in [3.8, 4) is 0 Å². The van der Waals surface area contributed by atoms with E-state index in [1.54, 1.807) is 6.07 Å². The van der Waals surface area contributed by atoms with Crippen molar-refractivity contribution in [3.63, 3.8) is 0 Å². The molecule has 5 nitrogen and oxygen atoms in total. The Bertz CT molecular complexity index is 849. The molecule has 1 fully saturated rings. The molecule has 0 spiro atoms. The lowest BCUT2D eigenvalue weighted by Crippen LogP contribution is -2.38. The average molecular weight is 368 g/mol. The fourth-order valence-electron chi connectivity index (χ4n) is 4.45. The molecule has 2 N–H and O–H groups in total. The zero-order valence-electron chi connectivity index (χ0n) is 16.0. The second kappa shape index (κ2) is 7.75. The third-order valence-corrected chi connectivity index (χ3v) is 5.97. The maximum absolute atomic E-state index is 12.4. The number of amides is 1. The van der Waals surface area contributed by atoms with E-state index in [-0.39, 0.29) is 18.6 Å². The second-order valence-electron chi connectivity index (χ2n) is 8.17. The molecule has 5 heteroatoms. The van der Waals surface area contributed by atoms with E-state index in [1.807, 2.05) is 12.1 Å². The van der Waals surface area contributed by atoms with Crippen LogP contribution in [0.2, 0.25) is 0 Å². The van der Waals surface area contributed by atoms with Crippen LogP contribution in [-0.2, 0) is 22.4 Å². The molecular weight excluding hydrogens is 340 g/mol. The van der Waals surface area contributed by atoms with Gasteiger partial charge >= 0.3 is 5.97 Å². The van der Waals surface area contributed by atoms with E-state index in [2.05, 4.69) is 17.2 Å². The minimum atomic E-state index is -0.436. The molecule has 0 unspecified atom stereocenters. The zero-order valence-corrected chi connectivity index (χ0v) is 16.0. The topological polar surface area (TPSA) is 71.2 Å². The Labute approximate surface area is 159 Å². The van der Waals surface area contributed by atoms with Crippen molar-refractivity contribution >= 4 is 22.8 Å². The van der Waals surface area contributed by atoms with Crippen molar-refractivity contribution in [2.24, 2.45) is 5.92 Å². The van der Waals surface area contributed by atoms with E-state index >= 15 is 0 Å². The number of hydrogen-bond donors (Lipinski definition) is 2. The Morgan fingerprint density at radius 3 is 2.81 bits per heavy atom. The molecular formula is C22H28N2O3. The van der Waals surface area contributed by atoms with Crippen LogP contribution in [0.5, 0.6) is 0 Å². The van der Waals surface area contributed by atoms with Gasteiger partial charge in [-0.05, 0) is 61.8 Å². The summed E-state index contributed by atoms with van der Waals surface area (Å²) < 4.78 is 5.26. The Morgan fingerprint density at radius 2 is 2.00 bits per heavy atom. The molecule has 1 saturated carbocycles. The van der Waals surface area contributed by atoms with Crippen molar-refractivity contribution in [2.75, 3.05) is 6.61 Å². The lowest BCUT2D eigenvalue weighted by atomic mass is 9.87. The third kappa shape index (κ3) is 4.02. The number of H-pyrrole nitrogens is 1. The summed E-state index contributed by atoms with van der Waals surface area (Å²) in [6, 6.07) is 5.85. The molecule has 144 valence electrons. The average Bonchev–Trinajstić information content (AvgIpc) is 3.04. The molecule has 0 aliphatic heterocycles. The van der Waals surface area contributed by atoms with Gasteiger partial charge in [-0.1, -0.05) is 26.2 Å². The number of ether oxygens (including phenoxy) is 1. The molecule has 1 aromatic heterocycles. The highest BCUT2D eigenvalue weighted by Crippen LogP contribution is 2.32. The summed E-state index contributed by atoms with van der Waals surface area (Å²) in [7, 11) is 0. The Hall–Kier alpha value is -2.30. The minimum Gasteiger partial charge on any atom is -0.452 e. The molecule has 2 aromatic rings. The number of carbonyl (C=O) groups is 2. The lowest BCUT2D eigenvalue weighted by molar-refractivity contribution is -0.125. The standard InChI is InChI=1S/C22H28N2O3/c1-14-7-9-19-17(11-14)18-12-15(8-10-20(18)24-19)22(26)27-13-21(25)23-16-5-3-2-4-6-16/h8,10,12,14,16,24H,2-7,9,11,13H2,1H3,(H,23,25)/t14-/m0/s1. The fourth-order valence-corrected chi connectivity index (χ4v) is 4.45. The molecule has 0 bridgehead atoms. The van der Waals surface area contributed by atoms with Crippen molar-refractivity contribution in [3.05, 3.63) is 35.0 Å². The molecule has 0 radical (unpaired) electrons. The van der Waals surface area contributed by atoms with Gasteiger partial charge in [0.05, 0.1) is 5.56 Å². The Kier molecular flexibility index (Phi) is 5.19. The number of aromatic nitrogens is 1. The molecule has 0 saturated heterocycles. The largest absolute Gasteiger partial charge is 0.452 e. The summed E-state index contributed by atoms with van der Waals surface area (Å²) in [4.78, 5) is 28.0. The molecule has 1 aromatic carbocycles. The van der Waals surface area contributed by atoms with E-state index in [4.69, 9.17) is 4.74 Å². The Morgan fingerprint density at radius 1 is 1.19 bits per heavy atom. The van der Waals surface area contributed by atoms with E-state index in [9.17, 15) is 9.59 Å². The summed E-state index contributed by atoms with van der Waals surface area (Å²) in [5, 5.41) is 4.08. The zero-order chi connectivity index (χ0) is 18.8. The number of hydrogen-bond acceptors (Lipinski definition) is 3. The first kappa shape index (κ1) is 18.1. The Balaban J connectivity index is 1.40. The van der Waals surface area contributed by atoms with E-state index in [0.29, 0.717) is 11.5 Å². The summed E-state index contributed by atoms with van der Waals surface area (Å²) in [6.07, 6.45) is 8.90. The molecule has 27 heavy (non-hydrogen) atoms. The monoisotopic (exact) mass is 368 g/mol. The quantitative estimate of drug-likeness (QED) is 0.804. The van der Waals surface area contributed by atoms with Gasteiger partial charge in [0.2, 0.25) is 0 Å². The second-order valence-corrected chi connectivity index (χ2v) is 8.17. The number of rotatable bonds is 4. The maximum atomic E-state index is 12.4. The predicted molar refractivity (Wildman–Crippen MR) is 105 cm³/mol. The summed E-state index contributed by atoms with van der Waals surface area (Å²) in [5.41, 5.74) is 4.20. The first-order chi connectivity index (χ1) is 13.1. The number of esters is 1. The molecule has 1 heterocycles. The molecule has 4 rings (SSSR count). The third-order valence-electron chi connectivity index (χ3n) is 5.97. The van der Waals surface area contributed by atoms with Gasteiger partial charge in [0.1, 0.15) is 0 Å². The van der Waals surface area contributed by atoms with Crippen molar-refractivity contribution in [2.45, 2.75) is 64.3 Å². The van der Waals surface area contributed by atoms with Crippen molar-refractivity contribution in [1.82, 2.24) is 10.3 Å². The van der Waals surface area contributed by atoms with Crippen LogP contribution >= 0.6 is 0 Å². The number of benzene rings is 1. The number of aryl methyl sites for hydroxylation is 1.